The summed E-state index contributed by atoms with van der Waals surface area (Å²) in [6, 6.07) is 0. The van der Waals surface area contributed by atoms with Crippen molar-refractivity contribution in [2.24, 2.45) is 11.3 Å². The summed E-state index contributed by atoms with van der Waals surface area (Å²) in [5.41, 5.74) is 1.23. The van der Waals surface area contributed by atoms with Crippen molar-refractivity contribution in [2.75, 3.05) is 6.54 Å². The Labute approximate surface area is 103 Å². The van der Waals surface area contributed by atoms with Crippen molar-refractivity contribution in [3.8, 4) is 0 Å². The minimum Gasteiger partial charge on any atom is -0.356 e. The second kappa shape index (κ2) is 5.84. The molecule has 0 saturated carbocycles. The van der Waals surface area contributed by atoms with Gasteiger partial charge in [0.2, 0.25) is 5.91 Å². The summed E-state index contributed by atoms with van der Waals surface area (Å²) in [6.07, 6.45) is 4.82. The Bertz CT molecular complexity index is 338. The highest BCUT2D eigenvalue weighted by Gasteiger charge is 2.22. The van der Waals surface area contributed by atoms with Crippen LogP contribution in [0.15, 0.2) is 12.5 Å². The van der Waals surface area contributed by atoms with Crippen LogP contribution in [0.25, 0.3) is 0 Å². The van der Waals surface area contributed by atoms with Crippen LogP contribution in [-0.2, 0) is 11.2 Å². The minimum atomic E-state index is 0.131. The van der Waals surface area contributed by atoms with Gasteiger partial charge in [0.15, 0.2) is 0 Å². The number of rotatable bonds is 5. The van der Waals surface area contributed by atoms with Crippen molar-refractivity contribution in [3.63, 3.8) is 0 Å². The van der Waals surface area contributed by atoms with Gasteiger partial charge in [0, 0.05) is 31.3 Å². The first-order valence-electron chi connectivity index (χ1n) is 6.13. The predicted octanol–water partition coefficient (Wildman–Crippen LogP) is 2.14. The highest BCUT2D eigenvalue weighted by molar-refractivity contribution is 5.76. The molecule has 0 spiro atoms. The van der Waals surface area contributed by atoms with E-state index in [-0.39, 0.29) is 11.3 Å². The van der Waals surface area contributed by atoms with E-state index in [9.17, 15) is 4.79 Å². The molecule has 0 aliphatic rings. The molecule has 4 nitrogen and oxygen atoms in total. The van der Waals surface area contributed by atoms with Gasteiger partial charge in [-0.3, -0.25) is 4.79 Å². The number of carbonyl (C=O) groups excluding carboxylic acids is 1. The summed E-state index contributed by atoms with van der Waals surface area (Å²) in [5.74, 6) is 0.515. The van der Waals surface area contributed by atoms with Crippen molar-refractivity contribution >= 4 is 5.91 Å². The van der Waals surface area contributed by atoms with Gasteiger partial charge in [-0.25, -0.2) is 4.98 Å². The fourth-order valence-electron chi connectivity index (χ4n) is 1.41. The molecule has 1 heterocycles. The number of hydrogen-bond acceptors (Lipinski definition) is 2. The monoisotopic (exact) mass is 237 g/mol. The fourth-order valence-corrected chi connectivity index (χ4v) is 1.41. The van der Waals surface area contributed by atoms with Crippen molar-refractivity contribution in [1.29, 1.82) is 0 Å². The molecule has 0 bridgehead atoms. The maximum Gasteiger partial charge on any atom is 0.220 e. The molecular weight excluding hydrogens is 214 g/mol. The zero-order valence-corrected chi connectivity index (χ0v) is 11.2. The average Bonchev–Trinajstić information content (AvgIpc) is 2.69. The van der Waals surface area contributed by atoms with Gasteiger partial charge in [0.05, 0.1) is 6.33 Å². The van der Waals surface area contributed by atoms with Crippen LogP contribution in [0.1, 0.15) is 39.8 Å². The summed E-state index contributed by atoms with van der Waals surface area (Å²) >= 11 is 0. The number of amides is 1. The molecule has 0 radical (unpaired) electrons. The number of nitrogens with one attached hydrogen (secondary N) is 2. The summed E-state index contributed by atoms with van der Waals surface area (Å²) in [6.45, 7) is 9.27. The Balaban J connectivity index is 2.22. The molecular formula is C13H23N3O. The van der Waals surface area contributed by atoms with Gasteiger partial charge in [0.1, 0.15) is 0 Å². The topological polar surface area (TPSA) is 57.8 Å². The fraction of sp³-hybridized carbons (Fsp3) is 0.692. The Morgan fingerprint density at radius 1 is 1.53 bits per heavy atom. The number of aromatic nitrogens is 2. The van der Waals surface area contributed by atoms with E-state index in [1.54, 1.807) is 12.5 Å². The number of imidazole rings is 1. The zero-order valence-electron chi connectivity index (χ0n) is 11.2. The third-order valence-corrected chi connectivity index (χ3v) is 3.24. The van der Waals surface area contributed by atoms with Crippen molar-refractivity contribution in [1.82, 2.24) is 15.3 Å². The lowest BCUT2D eigenvalue weighted by atomic mass is 9.80. The molecule has 0 aromatic carbocycles. The van der Waals surface area contributed by atoms with Crippen LogP contribution in [-0.4, -0.2) is 22.4 Å². The molecule has 0 aliphatic carbocycles. The molecule has 2 N–H and O–H groups in total. The Hall–Kier alpha value is -1.32. The number of nitrogens with zero attached hydrogens (tertiary/aromatic N) is 1. The van der Waals surface area contributed by atoms with Crippen LogP contribution in [0.4, 0.5) is 0 Å². The van der Waals surface area contributed by atoms with E-state index in [1.165, 1.54) is 0 Å². The van der Waals surface area contributed by atoms with Gasteiger partial charge in [-0.1, -0.05) is 27.7 Å². The van der Waals surface area contributed by atoms with Gasteiger partial charge in [-0.05, 0) is 11.3 Å². The smallest absolute Gasteiger partial charge is 0.220 e. The first-order chi connectivity index (χ1) is 7.89. The summed E-state index contributed by atoms with van der Waals surface area (Å²) < 4.78 is 0. The number of aromatic amines is 1. The average molecular weight is 237 g/mol. The van der Waals surface area contributed by atoms with E-state index in [0.29, 0.717) is 18.9 Å². The van der Waals surface area contributed by atoms with E-state index < -0.39 is 0 Å². The third-order valence-electron chi connectivity index (χ3n) is 3.24. The van der Waals surface area contributed by atoms with Crippen LogP contribution in [0.2, 0.25) is 0 Å². The maximum absolute atomic E-state index is 11.7. The van der Waals surface area contributed by atoms with Gasteiger partial charge < -0.3 is 10.3 Å². The predicted molar refractivity (Wildman–Crippen MR) is 68.5 cm³/mol. The minimum absolute atomic E-state index is 0.131. The second-order valence-electron chi connectivity index (χ2n) is 5.65. The molecule has 1 amide bonds. The molecule has 1 unspecified atom stereocenters. The van der Waals surface area contributed by atoms with E-state index in [1.807, 2.05) is 0 Å². The first-order valence-corrected chi connectivity index (χ1v) is 6.13. The summed E-state index contributed by atoms with van der Waals surface area (Å²) in [4.78, 5) is 18.6. The second-order valence-corrected chi connectivity index (χ2v) is 5.65. The molecule has 0 fully saturated rings. The quantitative estimate of drug-likeness (QED) is 0.824. The van der Waals surface area contributed by atoms with E-state index in [0.717, 1.165) is 12.1 Å². The third kappa shape index (κ3) is 5.02. The number of hydrogen-bond donors (Lipinski definition) is 2. The van der Waals surface area contributed by atoms with E-state index >= 15 is 0 Å². The lowest BCUT2D eigenvalue weighted by Crippen LogP contribution is -2.30. The standard InChI is InChI=1S/C13H23N3O/c1-10(13(2,3)4)7-12(17)15-6-5-11-8-14-9-16-11/h8-10H,5-7H2,1-4H3,(H,14,16)(H,15,17). The molecule has 4 heteroatoms. The Morgan fingerprint density at radius 3 is 2.76 bits per heavy atom. The number of H-pyrrole nitrogens is 1. The van der Waals surface area contributed by atoms with Gasteiger partial charge in [-0.2, -0.15) is 0 Å². The van der Waals surface area contributed by atoms with Crippen LogP contribution in [0, 0.1) is 11.3 Å². The van der Waals surface area contributed by atoms with E-state index in [4.69, 9.17) is 0 Å². The molecule has 17 heavy (non-hydrogen) atoms. The van der Waals surface area contributed by atoms with Gasteiger partial charge in [0.25, 0.3) is 0 Å². The first kappa shape index (κ1) is 13.7. The summed E-state index contributed by atoms with van der Waals surface area (Å²) in [5, 5.41) is 2.94. The number of carbonyl (C=O) groups is 1. The highest BCUT2D eigenvalue weighted by atomic mass is 16.1. The molecule has 0 saturated heterocycles. The molecule has 0 aliphatic heterocycles. The van der Waals surface area contributed by atoms with Crippen molar-refractivity contribution < 1.29 is 4.79 Å². The molecule has 1 rings (SSSR count). The molecule has 1 aromatic heterocycles. The lowest BCUT2D eigenvalue weighted by molar-refractivity contribution is -0.122. The Kier molecular flexibility index (Phi) is 4.73. The van der Waals surface area contributed by atoms with Crippen LogP contribution >= 0.6 is 0 Å². The highest BCUT2D eigenvalue weighted by Crippen LogP contribution is 2.27. The maximum atomic E-state index is 11.7. The van der Waals surface area contributed by atoms with Gasteiger partial charge >= 0.3 is 0 Å². The van der Waals surface area contributed by atoms with Crippen LogP contribution in [0.5, 0.6) is 0 Å². The largest absolute Gasteiger partial charge is 0.356 e. The van der Waals surface area contributed by atoms with Crippen molar-refractivity contribution in [3.05, 3.63) is 18.2 Å². The van der Waals surface area contributed by atoms with Crippen LogP contribution in [0.3, 0.4) is 0 Å². The molecule has 1 atom stereocenters. The van der Waals surface area contributed by atoms with Crippen LogP contribution < -0.4 is 5.32 Å². The summed E-state index contributed by atoms with van der Waals surface area (Å²) in [7, 11) is 0. The normalized spacial score (nSPS) is 13.4. The SMILES string of the molecule is CC(CC(=O)NCCc1cnc[nH]1)C(C)(C)C. The van der Waals surface area contributed by atoms with Gasteiger partial charge in [-0.15, -0.1) is 0 Å². The van der Waals surface area contributed by atoms with Crippen molar-refractivity contribution in [2.45, 2.75) is 40.5 Å². The zero-order chi connectivity index (χ0) is 12.9. The van der Waals surface area contributed by atoms with E-state index in [2.05, 4.69) is 43.0 Å². The molecule has 1 aromatic rings. The Morgan fingerprint density at radius 2 is 2.24 bits per heavy atom. The molecule has 96 valence electrons. The lowest BCUT2D eigenvalue weighted by Gasteiger charge is -2.26.